The summed E-state index contributed by atoms with van der Waals surface area (Å²) in [7, 11) is 0. The Morgan fingerprint density at radius 3 is 2.43 bits per heavy atom. The zero-order valence-electron chi connectivity index (χ0n) is 4.55. The average Bonchev–Trinajstić information content (AvgIpc) is 1.65. The molecule has 0 amide bonds. The molecule has 0 rings (SSSR count). The van der Waals surface area contributed by atoms with E-state index >= 15 is 0 Å². The number of hydrogen-bond donors (Lipinski definition) is 0. The van der Waals surface area contributed by atoms with Gasteiger partial charge in [0.15, 0.2) is 0 Å². The second-order valence-corrected chi connectivity index (χ2v) is 2.82. The summed E-state index contributed by atoms with van der Waals surface area (Å²) in [5.41, 5.74) is 0. The van der Waals surface area contributed by atoms with Gasteiger partial charge in [-0.05, 0) is 0 Å². The van der Waals surface area contributed by atoms with E-state index in [9.17, 15) is 10.1 Å². The molecule has 3 nitrogen and oxygen atoms in total. The standard InChI is InChI=1S/C3H6NO2.K/c1-3(2)4(5)6;/h3H,1H2,2H3;. The van der Waals surface area contributed by atoms with E-state index in [1.165, 1.54) is 0 Å². The molecule has 4 heteroatoms. The van der Waals surface area contributed by atoms with Gasteiger partial charge in [0.2, 0.25) is 0 Å². The van der Waals surface area contributed by atoms with E-state index in [-0.39, 0.29) is 11.0 Å². The Morgan fingerprint density at radius 2 is 2.43 bits per heavy atom. The fourth-order valence-electron chi connectivity index (χ4n) is 0.149. The zero-order chi connectivity index (χ0) is 5.86. The van der Waals surface area contributed by atoms with Crippen LogP contribution >= 0.6 is 0 Å². The van der Waals surface area contributed by atoms with Gasteiger partial charge in [0.1, 0.15) is 0 Å². The van der Waals surface area contributed by atoms with Crippen molar-refractivity contribution in [2.75, 3.05) is 0 Å². The van der Waals surface area contributed by atoms with Crippen molar-refractivity contribution in [2.24, 2.45) is 0 Å². The molecule has 0 radical (unpaired) electrons. The van der Waals surface area contributed by atoms with Crippen molar-refractivity contribution >= 4 is 49.0 Å². The molecule has 0 bridgehead atoms. The van der Waals surface area contributed by atoms with Gasteiger partial charge in [-0.25, -0.2) is 0 Å². The number of rotatable bonds is 2. The zero-order valence-corrected chi connectivity index (χ0v) is 7.67. The van der Waals surface area contributed by atoms with Crippen molar-refractivity contribution in [2.45, 2.75) is 13.5 Å². The van der Waals surface area contributed by atoms with Gasteiger partial charge < -0.3 is 0 Å². The van der Waals surface area contributed by atoms with Gasteiger partial charge in [0.25, 0.3) is 0 Å². The van der Waals surface area contributed by atoms with Gasteiger partial charge in [0, 0.05) is 0 Å². The molecule has 0 saturated heterocycles. The van der Waals surface area contributed by atoms with E-state index in [2.05, 4.69) is 0 Å². The van der Waals surface area contributed by atoms with Crippen LogP contribution in [-0.4, -0.2) is 59.9 Å². The molecule has 0 aromatic heterocycles. The Bertz CT molecular complexity index is 75.3. The van der Waals surface area contributed by atoms with Crippen LogP contribution in [-0.2, 0) is 0 Å². The molecular weight excluding hydrogens is 121 g/mol. The second kappa shape index (κ2) is 3.97. The van der Waals surface area contributed by atoms with Gasteiger partial charge in [-0.3, -0.25) is 0 Å². The first-order valence-corrected chi connectivity index (χ1v) is 4.52. The van der Waals surface area contributed by atoms with Crippen molar-refractivity contribution in [1.29, 1.82) is 0 Å². The second-order valence-electron chi connectivity index (χ2n) is 1.54. The first-order chi connectivity index (χ1) is 3.18. The molecule has 36 valence electrons. The maximum absolute atomic E-state index is 9.77. The number of nitrogens with zero attached hydrogens (tertiary/aromatic N) is 1. The first kappa shape index (κ1) is 8.04. The first-order valence-electron chi connectivity index (χ1n) is 2.32. The molecule has 1 unspecified atom stereocenters. The van der Waals surface area contributed by atoms with Crippen molar-refractivity contribution in [1.82, 2.24) is 0 Å². The Morgan fingerprint density at radius 1 is 2.00 bits per heavy atom. The average molecular weight is 127 g/mol. The summed E-state index contributed by atoms with van der Waals surface area (Å²) in [5, 5.41) is 9.77. The predicted octanol–water partition coefficient (Wildman–Crippen LogP) is 0.238. The Kier molecular flexibility index (Phi) is 4.56. The van der Waals surface area contributed by atoms with E-state index in [1.807, 2.05) is 0 Å². The summed E-state index contributed by atoms with van der Waals surface area (Å²) in [4.78, 5) is 9.53. The third-order valence-corrected chi connectivity index (χ3v) is 2.80. The number of nitro groups is 1. The van der Waals surface area contributed by atoms with Crippen LogP contribution in [0, 0.1) is 10.1 Å². The molecule has 0 aromatic carbocycles. The summed E-state index contributed by atoms with van der Waals surface area (Å²) < 4.78 is 0.806. The molecule has 0 fully saturated rings. The van der Waals surface area contributed by atoms with E-state index < -0.39 is 0 Å². The minimum absolute atomic E-state index is 0.231. The third kappa shape index (κ3) is 3.60. The molecule has 0 spiro atoms. The van der Waals surface area contributed by atoms with Gasteiger partial charge in [-0.2, -0.15) is 0 Å². The van der Waals surface area contributed by atoms with Crippen LogP contribution in [0.25, 0.3) is 0 Å². The Balaban J connectivity index is 3.34. The summed E-state index contributed by atoms with van der Waals surface area (Å²) in [6.45, 7) is 1.64. The summed E-state index contributed by atoms with van der Waals surface area (Å²) in [6, 6.07) is -0.292. The van der Waals surface area contributed by atoms with Crippen LogP contribution in [0.3, 0.4) is 0 Å². The summed E-state index contributed by atoms with van der Waals surface area (Å²) in [6.07, 6.45) is 0. The molecule has 0 aliphatic heterocycles. The topological polar surface area (TPSA) is 43.1 Å². The van der Waals surface area contributed by atoms with Gasteiger partial charge in [-0.15, -0.1) is 0 Å². The molecule has 7 heavy (non-hydrogen) atoms. The number of hydrogen-bond acceptors (Lipinski definition) is 2. The minimum atomic E-state index is -0.292. The molecule has 0 aromatic rings. The quantitative estimate of drug-likeness (QED) is 0.303. The van der Waals surface area contributed by atoms with Crippen LogP contribution in [0.5, 0.6) is 0 Å². The molecule has 0 saturated carbocycles. The van der Waals surface area contributed by atoms with E-state index in [0.29, 0.717) is 49.0 Å². The molecule has 0 aliphatic carbocycles. The van der Waals surface area contributed by atoms with E-state index in [1.54, 1.807) is 6.92 Å². The monoisotopic (exact) mass is 127 g/mol. The summed E-state index contributed by atoms with van der Waals surface area (Å²) >= 11 is 0.624. The molecule has 0 heterocycles. The Labute approximate surface area is 76.2 Å². The van der Waals surface area contributed by atoms with Crippen molar-refractivity contribution in [3.63, 3.8) is 0 Å². The molecular formula is C3H6KNO2. The predicted molar refractivity (Wildman–Crippen MR) is 27.0 cm³/mol. The van der Waals surface area contributed by atoms with Crippen LogP contribution in [0.4, 0.5) is 0 Å². The molecule has 0 N–H and O–H groups in total. The van der Waals surface area contributed by atoms with Gasteiger partial charge in [0.05, 0.1) is 0 Å². The fourth-order valence-corrected chi connectivity index (χ4v) is 0.615. The third-order valence-electron chi connectivity index (χ3n) is 0.951. The fraction of sp³-hybridized carbons (Fsp3) is 1.00. The van der Waals surface area contributed by atoms with Crippen LogP contribution in [0.1, 0.15) is 6.92 Å². The van der Waals surface area contributed by atoms with E-state index in [0.717, 1.165) is 0.515 Å². The van der Waals surface area contributed by atoms with Crippen molar-refractivity contribution in [3.05, 3.63) is 10.1 Å². The van der Waals surface area contributed by atoms with Crippen LogP contribution in [0.15, 0.2) is 0 Å². The Hall–Kier alpha value is 1.04. The molecule has 1 atom stereocenters. The van der Waals surface area contributed by atoms with Gasteiger partial charge in [-0.1, -0.05) is 0 Å². The van der Waals surface area contributed by atoms with E-state index in [4.69, 9.17) is 0 Å². The van der Waals surface area contributed by atoms with Crippen LogP contribution in [0.2, 0.25) is 0.515 Å². The summed E-state index contributed by atoms with van der Waals surface area (Å²) in [5.74, 6) is 0. The maximum atomic E-state index is 9.77. The SMILES string of the molecule is CC([CH2][K])[N+](=O)[O-]. The van der Waals surface area contributed by atoms with Crippen LogP contribution < -0.4 is 0 Å². The van der Waals surface area contributed by atoms with Crippen molar-refractivity contribution in [3.8, 4) is 0 Å². The van der Waals surface area contributed by atoms with Gasteiger partial charge >= 0.3 is 77.5 Å². The van der Waals surface area contributed by atoms with Crippen molar-refractivity contribution < 1.29 is 4.92 Å². The normalized spacial score (nSPS) is 13.6. The molecule has 0 aliphatic rings.